The molecule has 89 valence electrons. The number of hydrogen-bond donors (Lipinski definition) is 1. The molecule has 2 N–H and O–H groups in total. The average Bonchev–Trinajstić information content (AvgIpc) is 2.30. The van der Waals surface area contributed by atoms with Gasteiger partial charge in [0.1, 0.15) is 12.4 Å². The molecule has 0 aliphatic carbocycles. The lowest BCUT2D eigenvalue weighted by Gasteiger charge is -2.08. The van der Waals surface area contributed by atoms with Crippen molar-refractivity contribution in [2.75, 3.05) is 38.8 Å². The van der Waals surface area contributed by atoms with E-state index in [0.717, 1.165) is 0 Å². The van der Waals surface area contributed by atoms with E-state index in [1.165, 1.54) is 0 Å². The third-order valence-corrected chi connectivity index (χ3v) is 1.92. The van der Waals surface area contributed by atoms with E-state index in [4.69, 9.17) is 19.9 Å². The molecule has 0 bridgehead atoms. The van der Waals surface area contributed by atoms with Crippen molar-refractivity contribution in [2.24, 2.45) is 0 Å². The van der Waals surface area contributed by atoms with Crippen LogP contribution >= 0.6 is 0 Å². The van der Waals surface area contributed by atoms with Crippen LogP contribution < -0.4 is 10.5 Å². The second kappa shape index (κ2) is 7.96. The lowest BCUT2D eigenvalue weighted by atomic mass is 10.3. The summed E-state index contributed by atoms with van der Waals surface area (Å²) in [5.74, 6) is 0.695. The van der Waals surface area contributed by atoms with Crippen LogP contribution in [0.15, 0.2) is 24.3 Å². The highest BCUT2D eigenvalue weighted by atomic mass is 16.5. The summed E-state index contributed by atoms with van der Waals surface area (Å²) in [4.78, 5) is 0. The molecule has 1 radical (unpaired) electrons. The SMILES string of the molecule is [CH2]COCCOCCOc1ccccc1N. The summed E-state index contributed by atoms with van der Waals surface area (Å²) in [6, 6.07) is 7.39. The Balaban J connectivity index is 2.05. The van der Waals surface area contributed by atoms with Crippen LogP contribution in [0.5, 0.6) is 5.75 Å². The number of nitrogen functional groups attached to an aromatic ring is 1. The Morgan fingerprint density at radius 3 is 2.44 bits per heavy atom. The zero-order valence-electron chi connectivity index (χ0n) is 9.35. The highest BCUT2D eigenvalue weighted by Crippen LogP contribution is 2.19. The maximum absolute atomic E-state index is 5.71. The number of benzene rings is 1. The zero-order valence-corrected chi connectivity index (χ0v) is 9.35. The summed E-state index contributed by atoms with van der Waals surface area (Å²) in [6.45, 7) is 6.16. The molecule has 4 nitrogen and oxygen atoms in total. The first-order chi connectivity index (χ1) is 7.84. The molecular formula is C12H18NO3. The van der Waals surface area contributed by atoms with Crippen LogP contribution in [-0.2, 0) is 9.47 Å². The summed E-state index contributed by atoms with van der Waals surface area (Å²) in [5.41, 5.74) is 6.35. The summed E-state index contributed by atoms with van der Waals surface area (Å²) in [5, 5.41) is 0. The van der Waals surface area contributed by atoms with E-state index >= 15 is 0 Å². The van der Waals surface area contributed by atoms with Crippen LogP contribution in [0.1, 0.15) is 0 Å². The molecule has 0 spiro atoms. The number of para-hydroxylation sites is 2. The number of rotatable bonds is 8. The Labute approximate surface area is 96.3 Å². The molecule has 0 fully saturated rings. The molecule has 0 aliphatic rings. The van der Waals surface area contributed by atoms with E-state index in [1.54, 1.807) is 6.07 Å². The summed E-state index contributed by atoms with van der Waals surface area (Å²) < 4.78 is 15.7. The maximum atomic E-state index is 5.71. The molecular weight excluding hydrogens is 206 g/mol. The number of ether oxygens (including phenoxy) is 3. The third kappa shape index (κ3) is 5.00. The highest BCUT2D eigenvalue weighted by Gasteiger charge is 1.97. The van der Waals surface area contributed by atoms with E-state index < -0.39 is 0 Å². The van der Waals surface area contributed by atoms with Crippen LogP contribution in [0.4, 0.5) is 5.69 Å². The lowest BCUT2D eigenvalue weighted by molar-refractivity contribution is 0.0446. The summed E-state index contributed by atoms with van der Waals surface area (Å²) in [7, 11) is 0. The molecule has 16 heavy (non-hydrogen) atoms. The monoisotopic (exact) mass is 224 g/mol. The van der Waals surface area contributed by atoms with E-state index in [-0.39, 0.29) is 0 Å². The third-order valence-electron chi connectivity index (χ3n) is 1.92. The number of anilines is 1. The molecule has 1 aromatic carbocycles. The maximum Gasteiger partial charge on any atom is 0.142 e. The molecule has 4 heteroatoms. The minimum atomic E-state index is 0.473. The lowest BCUT2D eigenvalue weighted by Crippen LogP contribution is -2.11. The van der Waals surface area contributed by atoms with Crippen LogP contribution in [0.2, 0.25) is 0 Å². The standard InChI is InChI=1S/C12H18NO3/c1-2-14-7-8-15-9-10-16-12-6-4-3-5-11(12)13/h3-6H,1-2,7-10,13H2. The van der Waals surface area contributed by atoms with Gasteiger partial charge in [0.25, 0.3) is 0 Å². The Morgan fingerprint density at radius 1 is 1.00 bits per heavy atom. The molecule has 1 aromatic rings. The van der Waals surface area contributed by atoms with Crippen molar-refractivity contribution in [3.05, 3.63) is 31.2 Å². The van der Waals surface area contributed by atoms with Crippen LogP contribution in [0.3, 0.4) is 0 Å². The molecule has 0 unspecified atom stereocenters. The predicted octanol–water partition coefficient (Wildman–Crippen LogP) is 1.51. The normalized spacial score (nSPS) is 10.3. The van der Waals surface area contributed by atoms with Gasteiger partial charge in [0, 0.05) is 6.61 Å². The van der Waals surface area contributed by atoms with Gasteiger partial charge in [0.05, 0.1) is 25.5 Å². The van der Waals surface area contributed by atoms with Gasteiger partial charge in [0.2, 0.25) is 0 Å². The highest BCUT2D eigenvalue weighted by molar-refractivity contribution is 5.51. The molecule has 0 amide bonds. The Bertz CT molecular complexity index is 291. The Kier molecular flexibility index (Phi) is 6.37. The van der Waals surface area contributed by atoms with Crippen molar-refractivity contribution in [3.63, 3.8) is 0 Å². The number of hydrogen-bond acceptors (Lipinski definition) is 4. The van der Waals surface area contributed by atoms with Gasteiger partial charge < -0.3 is 19.9 Å². The average molecular weight is 224 g/mol. The van der Waals surface area contributed by atoms with E-state index in [0.29, 0.717) is 44.5 Å². The van der Waals surface area contributed by atoms with Gasteiger partial charge in [0.15, 0.2) is 0 Å². The van der Waals surface area contributed by atoms with Crippen molar-refractivity contribution in [2.45, 2.75) is 0 Å². The van der Waals surface area contributed by atoms with Gasteiger partial charge >= 0.3 is 0 Å². The first kappa shape index (κ1) is 12.8. The van der Waals surface area contributed by atoms with Crippen molar-refractivity contribution < 1.29 is 14.2 Å². The summed E-state index contributed by atoms with van der Waals surface area (Å²) >= 11 is 0. The van der Waals surface area contributed by atoms with Crippen molar-refractivity contribution >= 4 is 5.69 Å². The fourth-order valence-electron chi connectivity index (χ4n) is 1.14. The molecule has 1 rings (SSSR count). The topological polar surface area (TPSA) is 53.7 Å². The smallest absolute Gasteiger partial charge is 0.142 e. The van der Waals surface area contributed by atoms with Crippen LogP contribution in [-0.4, -0.2) is 33.0 Å². The van der Waals surface area contributed by atoms with Gasteiger partial charge in [-0.15, -0.1) is 0 Å². The second-order valence-corrected chi connectivity index (χ2v) is 3.11. The Morgan fingerprint density at radius 2 is 1.69 bits per heavy atom. The van der Waals surface area contributed by atoms with Crippen molar-refractivity contribution in [1.82, 2.24) is 0 Å². The zero-order chi connectivity index (χ0) is 11.6. The second-order valence-electron chi connectivity index (χ2n) is 3.11. The Hall–Kier alpha value is -1.26. The molecule has 0 aliphatic heterocycles. The minimum absolute atomic E-state index is 0.473. The van der Waals surface area contributed by atoms with Crippen LogP contribution in [0.25, 0.3) is 0 Å². The molecule has 0 aromatic heterocycles. The summed E-state index contributed by atoms with van der Waals surface area (Å²) in [6.07, 6.45) is 0. The minimum Gasteiger partial charge on any atom is -0.489 e. The quantitative estimate of drug-likeness (QED) is 0.537. The molecule has 0 atom stereocenters. The number of nitrogens with two attached hydrogens (primary N) is 1. The fraction of sp³-hybridized carbons (Fsp3) is 0.417. The first-order valence-corrected chi connectivity index (χ1v) is 5.26. The van der Waals surface area contributed by atoms with Gasteiger partial charge in [-0.25, -0.2) is 0 Å². The predicted molar refractivity (Wildman–Crippen MR) is 63.3 cm³/mol. The van der Waals surface area contributed by atoms with Crippen LogP contribution in [0, 0.1) is 6.92 Å². The van der Waals surface area contributed by atoms with Gasteiger partial charge in [-0.2, -0.15) is 0 Å². The van der Waals surface area contributed by atoms with Gasteiger partial charge in [-0.05, 0) is 19.1 Å². The molecule has 0 saturated carbocycles. The van der Waals surface area contributed by atoms with Crippen molar-refractivity contribution in [3.8, 4) is 5.75 Å². The van der Waals surface area contributed by atoms with Gasteiger partial charge in [-0.3, -0.25) is 0 Å². The van der Waals surface area contributed by atoms with Gasteiger partial charge in [-0.1, -0.05) is 12.1 Å². The van der Waals surface area contributed by atoms with Crippen molar-refractivity contribution in [1.29, 1.82) is 0 Å². The van der Waals surface area contributed by atoms with E-state index in [1.807, 2.05) is 18.2 Å². The van der Waals surface area contributed by atoms with E-state index in [9.17, 15) is 0 Å². The molecule has 0 saturated heterocycles. The molecule has 0 heterocycles. The first-order valence-electron chi connectivity index (χ1n) is 5.26. The largest absolute Gasteiger partial charge is 0.489 e. The fourth-order valence-corrected chi connectivity index (χ4v) is 1.14. The van der Waals surface area contributed by atoms with E-state index in [2.05, 4.69) is 6.92 Å².